The third kappa shape index (κ3) is 2.72. The highest BCUT2D eigenvalue weighted by molar-refractivity contribution is 7.92. The van der Waals surface area contributed by atoms with Crippen molar-refractivity contribution in [3.05, 3.63) is 48.0 Å². The van der Waals surface area contributed by atoms with Crippen LogP contribution in [0.25, 0.3) is 10.8 Å². The number of fused-ring (bicyclic) bond motifs is 1. The molecular formula is C16H20O3S. The molecule has 0 saturated heterocycles. The van der Waals surface area contributed by atoms with Crippen LogP contribution < -0.4 is 0 Å². The van der Waals surface area contributed by atoms with E-state index in [1.807, 2.05) is 42.5 Å². The van der Waals surface area contributed by atoms with E-state index in [1.54, 1.807) is 13.8 Å². The zero-order valence-corrected chi connectivity index (χ0v) is 12.8. The highest BCUT2D eigenvalue weighted by atomic mass is 32.2. The molecule has 0 aliphatic heterocycles. The summed E-state index contributed by atoms with van der Waals surface area (Å²) in [5, 5.41) is 12.5. The van der Waals surface area contributed by atoms with E-state index < -0.39 is 20.7 Å². The van der Waals surface area contributed by atoms with Gasteiger partial charge in [0.2, 0.25) is 0 Å². The lowest BCUT2D eigenvalue weighted by molar-refractivity contribution is 0.138. The lowest BCUT2D eigenvalue weighted by atomic mass is 9.95. The molecule has 3 nitrogen and oxygen atoms in total. The number of aliphatic hydroxyl groups excluding tert-OH is 1. The minimum Gasteiger partial charge on any atom is -0.391 e. The van der Waals surface area contributed by atoms with Gasteiger partial charge in [0.05, 0.1) is 10.9 Å². The Morgan fingerprint density at radius 1 is 1.10 bits per heavy atom. The Balaban J connectivity index is 2.38. The van der Waals surface area contributed by atoms with Crippen molar-refractivity contribution >= 4 is 20.6 Å². The van der Waals surface area contributed by atoms with Gasteiger partial charge in [-0.2, -0.15) is 0 Å². The number of hydrogen-bond donors (Lipinski definition) is 1. The molecule has 1 atom stereocenters. The summed E-state index contributed by atoms with van der Waals surface area (Å²) in [5.74, 6) is 0. The summed E-state index contributed by atoms with van der Waals surface area (Å²) in [6.45, 7) is 3.14. The molecule has 2 aromatic rings. The van der Waals surface area contributed by atoms with Gasteiger partial charge < -0.3 is 5.11 Å². The summed E-state index contributed by atoms with van der Waals surface area (Å²) >= 11 is 0. The third-order valence-electron chi connectivity index (χ3n) is 4.05. The second kappa shape index (κ2) is 5.19. The molecule has 1 unspecified atom stereocenters. The van der Waals surface area contributed by atoms with Crippen molar-refractivity contribution in [3.63, 3.8) is 0 Å². The summed E-state index contributed by atoms with van der Waals surface area (Å²) in [5.41, 5.74) is 0.965. The molecule has 1 N–H and O–H groups in total. The number of aliphatic hydroxyl groups is 1. The van der Waals surface area contributed by atoms with Crippen LogP contribution in [0.1, 0.15) is 19.4 Å². The molecule has 0 fully saturated rings. The van der Waals surface area contributed by atoms with Crippen LogP contribution in [0.2, 0.25) is 0 Å². The van der Waals surface area contributed by atoms with Gasteiger partial charge in [-0.1, -0.05) is 42.5 Å². The van der Waals surface area contributed by atoms with Gasteiger partial charge in [0.15, 0.2) is 9.84 Å². The first-order valence-electron chi connectivity index (χ1n) is 6.58. The summed E-state index contributed by atoms with van der Waals surface area (Å²) in [6.07, 6.45) is 0.545. The van der Waals surface area contributed by atoms with Crippen LogP contribution in [0, 0.1) is 0 Å². The van der Waals surface area contributed by atoms with Crippen molar-refractivity contribution in [2.45, 2.75) is 31.1 Å². The molecule has 0 aliphatic rings. The molecule has 0 amide bonds. The maximum absolute atomic E-state index is 11.8. The average Bonchev–Trinajstić information content (AvgIpc) is 2.37. The normalized spacial score (nSPS) is 14.4. The minimum atomic E-state index is -3.32. The first-order valence-corrected chi connectivity index (χ1v) is 8.47. The van der Waals surface area contributed by atoms with Crippen LogP contribution in [0.5, 0.6) is 0 Å². The highest BCUT2D eigenvalue weighted by Gasteiger charge is 2.38. The Morgan fingerprint density at radius 2 is 1.70 bits per heavy atom. The second-order valence-electron chi connectivity index (χ2n) is 5.73. The smallest absolute Gasteiger partial charge is 0.155 e. The fourth-order valence-electron chi connectivity index (χ4n) is 2.17. The van der Waals surface area contributed by atoms with Gasteiger partial charge in [0.1, 0.15) is 0 Å². The van der Waals surface area contributed by atoms with Crippen LogP contribution in [0.4, 0.5) is 0 Å². The fraction of sp³-hybridized carbons (Fsp3) is 0.375. The molecule has 2 aromatic carbocycles. The molecule has 0 radical (unpaired) electrons. The Hall–Kier alpha value is -1.39. The predicted molar refractivity (Wildman–Crippen MR) is 82.6 cm³/mol. The van der Waals surface area contributed by atoms with Crippen LogP contribution in [-0.4, -0.2) is 30.6 Å². The SMILES string of the molecule is CC(C)(C(O)Cc1cccc2ccccc12)S(C)(=O)=O. The van der Waals surface area contributed by atoms with Gasteiger partial charge in [-0.05, 0) is 30.2 Å². The molecule has 108 valence electrons. The molecule has 0 saturated carbocycles. The van der Waals surface area contributed by atoms with E-state index in [-0.39, 0.29) is 0 Å². The van der Waals surface area contributed by atoms with Crippen molar-refractivity contribution in [2.24, 2.45) is 0 Å². The number of hydrogen-bond acceptors (Lipinski definition) is 3. The van der Waals surface area contributed by atoms with Crippen molar-refractivity contribution in [3.8, 4) is 0 Å². The molecule has 4 heteroatoms. The predicted octanol–water partition coefficient (Wildman–Crippen LogP) is 2.57. The van der Waals surface area contributed by atoms with E-state index in [9.17, 15) is 13.5 Å². The van der Waals surface area contributed by atoms with Crippen LogP contribution in [-0.2, 0) is 16.3 Å². The Morgan fingerprint density at radius 3 is 2.35 bits per heavy atom. The quantitative estimate of drug-likeness (QED) is 0.942. The summed E-state index contributed by atoms with van der Waals surface area (Å²) < 4.78 is 22.4. The Labute approximate surface area is 120 Å². The standard InChI is InChI=1S/C16H20O3S/c1-16(2,20(3,18)19)15(17)11-13-9-6-8-12-7-4-5-10-14(12)13/h4-10,15,17H,11H2,1-3H3. The second-order valence-corrected chi connectivity index (χ2v) is 8.33. The van der Waals surface area contributed by atoms with Gasteiger partial charge in [-0.25, -0.2) is 8.42 Å². The molecular weight excluding hydrogens is 272 g/mol. The highest BCUT2D eigenvalue weighted by Crippen LogP contribution is 2.26. The van der Waals surface area contributed by atoms with Gasteiger partial charge in [0, 0.05) is 12.7 Å². The molecule has 0 aromatic heterocycles. The lowest BCUT2D eigenvalue weighted by Crippen LogP contribution is -2.44. The van der Waals surface area contributed by atoms with E-state index in [0.29, 0.717) is 6.42 Å². The zero-order chi connectivity index (χ0) is 15.0. The van der Waals surface area contributed by atoms with Crippen LogP contribution in [0.3, 0.4) is 0 Å². The van der Waals surface area contributed by atoms with Gasteiger partial charge in [-0.3, -0.25) is 0 Å². The zero-order valence-electron chi connectivity index (χ0n) is 12.0. The topological polar surface area (TPSA) is 54.4 Å². The summed E-state index contributed by atoms with van der Waals surface area (Å²) in [4.78, 5) is 0. The van der Waals surface area contributed by atoms with Gasteiger partial charge in [0.25, 0.3) is 0 Å². The average molecular weight is 292 g/mol. The van der Waals surface area contributed by atoms with Crippen LogP contribution in [0.15, 0.2) is 42.5 Å². The molecule has 0 spiro atoms. The number of sulfone groups is 1. The first-order chi connectivity index (χ1) is 9.23. The molecule has 0 bridgehead atoms. The van der Waals surface area contributed by atoms with Crippen molar-refractivity contribution in [2.75, 3.05) is 6.26 Å². The number of rotatable bonds is 4. The minimum absolute atomic E-state index is 0.321. The molecule has 20 heavy (non-hydrogen) atoms. The summed E-state index contributed by atoms with van der Waals surface area (Å²) in [7, 11) is -3.32. The largest absolute Gasteiger partial charge is 0.391 e. The Kier molecular flexibility index (Phi) is 3.89. The lowest BCUT2D eigenvalue weighted by Gasteiger charge is -2.29. The molecule has 2 rings (SSSR count). The maximum Gasteiger partial charge on any atom is 0.155 e. The fourth-order valence-corrected chi connectivity index (χ4v) is 2.75. The van der Waals surface area contributed by atoms with Crippen molar-refractivity contribution < 1.29 is 13.5 Å². The van der Waals surface area contributed by atoms with E-state index >= 15 is 0 Å². The first kappa shape index (κ1) is 15.0. The maximum atomic E-state index is 11.8. The van der Waals surface area contributed by atoms with E-state index in [1.165, 1.54) is 6.26 Å². The molecule has 0 aliphatic carbocycles. The van der Waals surface area contributed by atoms with Gasteiger partial charge >= 0.3 is 0 Å². The van der Waals surface area contributed by atoms with Gasteiger partial charge in [-0.15, -0.1) is 0 Å². The van der Waals surface area contributed by atoms with Crippen molar-refractivity contribution in [1.82, 2.24) is 0 Å². The summed E-state index contributed by atoms with van der Waals surface area (Å²) in [6, 6.07) is 13.8. The number of benzene rings is 2. The monoisotopic (exact) mass is 292 g/mol. The van der Waals surface area contributed by atoms with Crippen LogP contribution >= 0.6 is 0 Å². The van der Waals surface area contributed by atoms with Crippen molar-refractivity contribution in [1.29, 1.82) is 0 Å². The third-order valence-corrected chi connectivity index (χ3v) is 6.23. The van der Waals surface area contributed by atoms with E-state index in [2.05, 4.69) is 0 Å². The van der Waals surface area contributed by atoms with E-state index in [0.717, 1.165) is 16.3 Å². The Bertz CT molecular complexity index is 712. The van der Waals surface area contributed by atoms with E-state index in [4.69, 9.17) is 0 Å². The molecule has 0 heterocycles.